The number of nitrogens with one attached hydrogen (secondary N) is 1. The van der Waals surface area contributed by atoms with Gasteiger partial charge in [-0.2, -0.15) is 10.1 Å². The third-order valence-corrected chi connectivity index (χ3v) is 5.25. The van der Waals surface area contributed by atoms with E-state index < -0.39 is 0 Å². The summed E-state index contributed by atoms with van der Waals surface area (Å²) in [5.41, 5.74) is 4.22. The molecule has 0 radical (unpaired) electrons. The van der Waals surface area contributed by atoms with Crippen molar-refractivity contribution in [2.75, 3.05) is 16.8 Å². The molecule has 0 atom stereocenters. The maximum Gasteiger partial charge on any atom is 0.232 e. The SMILES string of the molecule is Cc1[nH]nc2cc(N(C)c3ccnc(N(c4ccccc4)C4CC4)n3)ccc12. The van der Waals surface area contributed by atoms with Gasteiger partial charge in [-0.05, 0) is 56.2 Å². The van der Waals surface area contributed by atoms with Gasteiger partial charge in [-0.1, -0.05) is 18.2 Å². The molecule has 1 fully saturated rings. The lowest BCUT2D eigenvalue weighted by atomic mass is 10.2. The summed E-state index contributed by atoms with van der Waals surface area (Å²) in [6.07, 6.45) is 4.19. The molecule has 0 spiro atoms. The first kappa shape index (κ1) is 16.7. The molecule has 0 unspecified atom stereocenters. The van der Waals surface area contributed by atoms with E-state index in [-0.39, 0.29) is 0 Å². The van der Waals surface area contributed by atoms with Gasteiger partial charge < -0.3 is 9.80 Å². The van der Waals surface area contributed by atoms with Crippen molar-refractivity contribution in [3.63, 3.8) is 0 Å². The summed E-state index contributed by atoms with van der Waals surface area (Å²) in [7, 11) is 2.02. The van der Waals surface area contributed by atoms with Crippen LogP contribution >= 0.6 is 0 Å². The van der Waals surface area contributed by atoms with Crippen LogP contribution in [0.3, 0.4) is 0 Å². The zero-order chi connectivity index (χ0) is 19.1. The predicted octanol–water partition coefficient (Wildman–Crippen LogP) is 4.73. The van der Waals surface area contributed by atoms with Crippen molar-refractivity contribution in [2.24, 2.45) is 0 Å². The van der Waals surface area contributed by atoms with Crippen molar-refractivity contribution in [2.45, 2.75) is 25.8 Å². The van der Waals surface area contributed by atoms with Crippen LogP contribution in [0.25, 0.3) is 10.9 Å². The van der Waals surface area contributed by atoms with Gasteiger partial charge in [0.25, 0.3) is 0 Å². The quantitative estimate of drug-likeness (QED) is 0.550. The molecule has 5 rings (SSSR count). The van der Waals surface area contributed by atoms with E-state index in [0.29, 0.717) is 6.04 Å². The van der Waals surface area contributed by atoms with Gasteiger partial charge in [-0.3, -0.25) is 5.10 Å². The minimum Gasteiger partial charge on any atom is -0.329 e. The first-order chi connectivity index (χ1) is 13.7. The average Bonchev–Trinajstić information content (AvgIpc) is 3.51. The normalized spacial score (nSPS) is 13.6. The molecule has 4 aromatic rings. The van der Waals surface area contributed by atoms with Crippen LogP contribution in [0.4, 0.5) is 23.1 Å². The molecule has 1 saturated carbocycles. The maximum atomic E-state index is 4.88. The molecule has 0 bridgehead atoms. The van der Waals surface area contributed by atoms with E-state index in [2.05, 4.69) is 67.4 Å². The van der Waals surface area contributed by atoms with E-state index in [9.17, 15) is 0 Å². The molecule has 28 heavy (non-hydrogen) atoms. The second-order valence-electron chi connectivity index (χ2n) is 7.26. The number of hydrogen-bond donors (Lipinski definition) is 1. The van der Waals surface area contributed by atoms with Crippen LogP contribution in [0, 0.1) is 6.92 Å². The van der Waals surface area contributed by atoms with Crippen LogP contribution in [-0.4, -0.2) is 33.3 Å². The summed E-state index contributed by atoms with van der Waals surface area (Å²) in [4.78, 5) is 13.8. The van der Waals surface area contributed by atoms with E-state index in [4.69, 9.17) is 4.98 Å². The highest BCUT2D eigenvalue weighted by Gasteiger charge is 2.32. The highest BCUT2D eigenvalue weighted by Crippen LogP contribution is 2.37. The molecule has 1 aliphatic rings. The molecule has 1 N–H and O–H groups in total. The number of aromatic nitrogens is 4. The Morgan fingerprint density at radius 3 is 2.61 bits per heavy atom. The fraction of sp³-hybridized carbons (Fsp3) is 0.227. The van der Waals surface area contributed by atoms with Crippen molar-refractivity contribution < 1.29 is 0 Å². The second-order valence-corrected chi connectivity index (χ2v) is 7.26. The molecule has 1 aliphatic carbocycles. The van der Waals surface area contributed by atoms with Crippen molar-refractivity contribution in [1.82, 2.24) is 20.2 Å². The van der Waals surface area contributed by atoms with Gasteiger partial charge in [-0.25, -0.2) is 4.98 Å². The van der Waals surface area contributed by atoms with Gasteiger partial charge >= 0.3 is 0 Å². The molecule has 0 amide bonds. The lowest BCUT2D eigenvalue weighted by molar-refractivity contribution is 0.902. The predicted molar refractivity (Wildman–Crippen MR) is 113 cm³/mol. The third-order valence-electron chi connectivity index (χ3n) is 5.25. The molecule has 2 aromatic heterocycles. The van der Waals surface area contributed by atoms with Crippen molar-refractivity contribution in [3.05, 3.63) is 66.5 Å². The number of benzene rings is 2. The molecule has 0 saturated heterocycles. The van der Waals surface area contributed by atoms with Crippen LogP contribution in [-0.2, 0) is 0 Å². The number of anilines is 4. The fourth-order valence-corrected chi connectivity index (χ4v) is 3.53. The molecular weight excluding hydrogens is 348 g/mol. The minimum absolute atomic E-state index is 0.478. The number of para-hydroxylation sites is 1. The van der Waals surface area contributed by atoms with Crippen LogP contribution in [0.1, 0.15) is 18.5 Å². The fourth-order valence-electron chi connectivity index (χ4n) is 3.53. The molecule has 2 heterocycles. The maximum absolute atomic E-state index is 4.88. The van der Waals surface area contributed by atoms with Crippen LogP contribution in [0.15, 0.2) is 60.8 Å². The second kappa shape index (κ2) is 6.64. The number of aryl methyl sites for hydroxylation is 1. The van der Waals surface area contributed by atoms with Crippen LogP contribution in [0.2, 0.25) is 0 Å². The van der Waals surface area contributed by atoms with Crippen LogP contribution < -0.4 is 9.80 Å². The smallest absolute Gasteiger partial charge is 0.232 e. The lowest BCUT2D eigenvalue weighted by Crippen LogP contribution is -2.23. The molecule has 140 valence electrons. The largest absolute Gasteiger partial charge is 0.329 e. The van der Waals surface area contributed by atoms with Crippen LogP contribution in [0.5, 0.6) is 0 Å². The summed E-state index contributed by atoms with van der Waals surface area (Å²) in [5, 5.41) is 8.57. The molecule has 2 aromatic carbocycles. The number of H-pyrrole nitrogens is 1. The first-order valence-electron chi connectivity index (χ1n) is 9.56. The van der Waals surface area contributed by atoms with Gasteiger partial charge in [0.2, 0.25) is 5.95 Å². The van der Waals surface area contributed by atoms with E-state index in [1.54, 1.807) is 0 Å². The molecule has 6 heteroatoms. The number of rotatable bonds is 5. The summed E-state index contributed by atoms with van der Waals surface area (Å²) in [6.45, 7) is 2.03. The first-order valence-corrected chi connectivity index (χ1v) is 9.56. The van der Waals surface area contributed by atoms with E-state index in [0.717, 1.165) is 39.7 Å². The van der Waals surface area contributed by atoms with E-state index in [1.165, 1.54) is 12.8 Å². The summed E-state index contributed by atoms with van der Waals surface area (Å²) in [5.74, 6) is 1.60. The third kappa shape index (κ3) is 2.97. The Morgan fingerprint density at radius 1 is 1.00 bits per heavy atom. The van der Waals surface area contributed by atoms with Gasteiger partial charge in [0, 0.05) is 41.7 Å². The van der Waals surface area contributed by atoms with Gasteiger partial charge in [-0.15, -0.1) is 0 Å². The van der Waals surface area contributed by atoms with Crippen molar-refractivity contribution in [1.29, 1.82) is 0 Å². The van der Waals surface area contributed by atoms with Crippen molar-refractivity contribution in [3.8, 4) is 0 Å². The van der Waals surface area contributed by atoms with Gasteiger partial charge in [0.15, 0.2) is 0 Å². The highest BCUT2D eigenvalue weighted by molar-refractivity contribution is 5.85. The standard InChI is InChI=1S/C22H22N6/c1-15-19-11-10-18(14-20(19)26-25-15)27(2)21-12-13-23-22(24-21)28(17-8-9-17)16-6-4-3-5-7-16/h3-7,10-14,17H,8-9H2,1-2H3,(H,25,26). The lowest BCUT2D eigenvalue weighted by Gasteiger charge is -2.24. The Labute approximate surface area is 163 Å². The Kier molecular flexibility index (Phi) is 3.97. The monoisotopic (exact) mass is 370 g/mol. The highest BCUT2D eigenvalue weighted by atomic mass is 15.3. The summed E-state index contributed by atoms with van der Waals surface area (Å²) >= 11 is 0. The zero-order valence-corrected chi connectivity index (χ0v) is 16.0. The Bertz CT molecular complexity index is 1120. The Morgan fingerprint density at radius 2 is 1.82 bits per heavy atom. The van der Waals surface area contributed by atoms with E-state index in [1.807, 2.05) is 32.3 Å². The zero-order valence-electron chi connectivity index (χ0n) is 16.0. The van der Waals surface area contributed by atoms with Crippen molar-refractivity contribution >= 4 is 34.0 Å². The summed E-state index contributed by atoms with van der Waals surface area (Å²) < 4.78 is 0. The number of hydrogen-bond acceptors (Lipinski definition) is 5. The Balaban J connectivity index is 1.50. The minimum atomic E-state index is 0.478. The number of nitrogens with zero attached hydrogens (tertiary/aromatic N) is 5. The summed E-state index contributed by atoms with van der Waals surface area (Å²) in [6, 6.07) is 19.1. The molecule has 0 aliphatic heterocycles. The molecule has 6 nitrogen and oxygen atoms in total. The Hall–Kier alpha value is -3.41. The van der Waals surface area contributed by atoms with Gasteiger partial charge in [0.1, 0.15) is 5.82 Å². The van der Waals surface area contributed by atoms with E-state index >= 15 is 0 Å². The molecular formula is C22H22N6. The van der Waals surface area contributed by atoms with Gasteiger partial charge in [0.05, 0.1) is 5.52 Å². The number of fused-ring (bicyclic) bond motifs is 1. The topological polar surface area (TPSA) is 60.9 Å². The number of aromatic amines is 1. The average molecular weight is 370 g/mol.